The minimum Gasteiger partial charge on any atom is -0.342 e. The van der Waals surface area contributed by atoms with E-state index in [0.29, 0.717) is 11.8 Å². The number of amides is 1. The molecule has 0 aliphatic carbocycles. The number of hydrogen-bond acceptors (Lipinski definition) is 7. The predicted octanol–water partition coefficient (Wildman–Crippen LogP) is 3.52. The van der Waals surface area contributed by atoms with E-state index >= 15 is 0 Å². The van der Waals surface area contributed by atoms with Gasteiger partial charge in [0.25, 0.3) is 0 Å². The summed E-state index contributed by atoms with van der Waals surface area (Å²) < 4.78 is 91.4. The van der Waals surface area contributed by atoms with Crippen molar-refractivity contribution >= 4 is 51.7 Å². The van der Waals surface area contributed by atoms with Crippen molar-refractivity contribution in [2.75, 3.05) is 29.4 Å². The number of fused-ring (bicyclic) bond motifs is 1. The van der Waals surface area contributed by atoms with E-state index < -0.39 is 58.1 Å². The molecule has 0 radical (unpaired) electrons. The Hall–Kier alpha value is -2.44. The standard InChI is InChI=1S/C22H30F3N4O6PS/c1-7-35-36(32)15-12-13(28-37(6,33)34)8-9-14(15)26-18(27-36)16-17(30)21(5,22(23,24)25)29(19(16)31)11-10-20(2,3)4/h8-9,12,16,28H,7,10-11H2,1-6H3,(H,26,27,32). The van der Waals surface area contributed by atoms with E-state index in [4.69, 9.17) is 4.52 Å². The molecule has 1 saturated heterocycles. The molecule has 206 valence electrons. The van der Waals surface area contributed by atoms with Gasteiger partial charge in [-0.1, -0.05) is 20.8 Å². The van der Waals surface area contributed by atoms with Crippen LogP contribution >= 0.6 is 7.52 Å². The van der Waals surface area contributed by atoms with Crippen LogP contribution in [0.25, 0.3) is 0 Å². The van der Waals surface area contributed by atoms with E-state index in [2.05, 4.69) is 14.8 Å². The van der Waals surface area contributed by atoms with E-state index in [1.54, 1.807) is 20.8 Å². The third kappa shape index (κ3) is 5.56. The molecule has 1 aromatic rings. The average Bonchev–Trinajstić information content (AvgIpc) is 2.91. The number of carbonyl (C=O) groups is 2. The minimum atomic E-state index is -5.07. The number of anilines is 2. The molecule has 0 spiro atoms. The number of alkyl halides is 3. The fraction of sp³-hybridized carbons (Fsp3) is 0.591. The zero-order valence-corrected chi connectivity index (χ0v) is 23.0. The van der Waals surface area contributed by atoms with Gasteiger partial charge in [-0.2, -0.15) is 17.9 Å². The normalized spacial score (nSPS) is 26.6. The number of Topliss-reactive ketones (excluding diaryl/α,β-unsaturated/α-hetero) is 1. The van der Waals surface area contributed by atoms with Gasteiger partial charge in [0.1, 0.15) is 5.84 Å². The first-order chi connectivity index (χ1) is 16.7. The van der Waals surface area contributed by atoms with Gasteiger partial charge in [0, 0.05) is 12.2 Å². The molecule has 0 aromatic heterocycles. The van der Waals surface area contributed by atoms with Gasteiger partial charge in [0.05, 0.1) is 23.9 Å². The van der Waals surface area contributed by atoms with Crippen LogP contribution in [0.2, 0.25) is 0 Å². The number of sulfonamides is 1. The van der Waals surface area contributed by atoms with Crippen molar-refractivity contribution in [2.45, 2.75) is 52.8 Å². The Morgan fingerprint density at radius 1 is 1.24 bits per heavy atom. The zero-order valence-electron chi connectivity index (χ0n) is 21.3. The average molecular weight is 567 g/mol. The molecule has 2 aliphatic heterocycles. The number of likely N-dealkylation sites (tertiary alicyclic amines) is 1. The lowest BCUT2D eigenvalue weighted by atomic mass is 9.89. The predicted molar refractivity (Wildman–Crippen MR) is 134 cm³/mol. The Bertz CT molecular complexity index is 1310. The molecule has 37 heavy (non-hydrogen) atoms. The van der Waals surface area contributed by atoms with Gasteiger partial charge in [-0.25, -0.2) is 8.42 Å². The number of rotatable bonds is 7. The topological polar surface area (TPSA) is 134 Å². The summed E-state index contributed by atoms with van der Waals surface area (Å²) in [6.07, 6.45) is -3.96. The summed E-state index contributed by atoms with van der Waals surface area (Å²) in [5.41, 5.74) is -3.42. The Morgan fingerprint density at radius 2 is 1.86 bits per heavy atom. The molecule has 10 nitrogen and oxygen atoms in total. The number of ketones is 1. The van der Waals surface area contributed by atoms with Crippen LogP contribution in [-0.2, 0) is 28.7 Å². The second-order valence-electron chi connectivity index (χ2n) is 10.3. The van der Waals surface area contributed by atoms with Crippen molar-refractivity contribution < 1.29 is 40.3 Å². The molecule has 2 heterocycles. The Morgan fingerprint density at radius 3 is 2.38 bits per heavy atom. The van der Waals surface area contributed by atoms with Crippen LogP contribution in [0.5, 0.6) is 0 Å². The molecule has 3 atom stereocenters. The van der Waals surface area contributed by atoms with Gasteiger partial charge < -0.3 is 14.7 Å². The van der Waals surface area contributed by atoms with Crippen molar-refractivity contribution in [1.82, 2.24) is 4.90 Å². The highest BCUT2D eigenvalue weighted by Crippen LogP contribution is 2.53. The highest BCUT2D eigenvalue weighted by atomic mass is 32.2. The summed E-state index contributed by atoms with van der Waals surface area (Å²) in [5, 5.41) is 2.61. The van der Waals surface area contributed by atoms with Gasteiger partial charge in [-0.15, -0.1) is 0 Å². The van der Waals surface area contributed by atoms with Gasteiger partial charge in [0.15, 0.2) is 17.2 Å². The summed E-state index contributed by atoms with van der Waals surface area (Å²) >= 11 is 0. The molecule has 0 saturated carbocycles. The highest BCUT2D eigenvalue weighted by molar-refractivity contribution is 7.92. The van der Waals surface area contributed by atoms with Crippen LogP contribution < -0.4 is 15.3 Å². The summed E-state index contributed by atoms with van der Waals surface area (Å²) in [5.74, 6) is -5.05. The lowest BCUT2D eigenvalue weighted by molar-refractivity contribution is -0.215. The van der Waals surface area contributed by atoms with Crippen molar-refractivity contribution in [1.29, 1.82) is 0 Å². The first-order valence-electron chi connectivity index (χ1n) is 11.4. The summed E-state index contributed by atoms with van der Waals surface area (Å²) in [4.78, 5) is 27.2. The van der Waals surface area contributed by atoms with Crippen LogP contribution in [-0.4, -0.2) is 62.0 Å². The molecule has 0 bridgehead atoms. The molecule has 3 unspecified atom stereocenters. The minimum absolute atomic E-state index is 0.0487. The number of hydrogen-bond donors (Lipinski definition) is 2. The van der Waals surface area contributed by atoms with Crippen LogP contribution in [0.1, 0.15) is 41.0 Å². The van der Waals surface area contributed by atoms with E-state index in [1.165, 1.54) is 25.1 Å². The highest BCUT2D eigenvalue weighted by Gasteiger charge is 2.70. The quantitative estimate of drug-likeness (QED) is 0.381. The van der Waals surface area contributed by atoms with Gasteiger partial charge in [-0.05, 0) is 43.9 Å². The largest absolute Gasteiger partial charge is 0.418 e. The molecule has 1 aromatic carbocycles. The number of benzene rings is 1. The first-order valence-corrected chi connectivity index (χ1v) is 14.9. The Kier molecular flexibility index (Phi) is 7.39. The summed E-state index contributed by atoms with van der Waals surface area (Å²) in [6, 6.07) is 3.85. The number of nitrogens with one attached hydrogen (secondary N) is 2. The van der Waals surface area contributed by atoms with Gasteiger partial charge in [-0.3, -0.25) is 18.9 Å². The van der Waals surface area contributed by atoms with Crippen molar-refractivity contribution in [3.63, 3.8) is 0 Å². The van der Waals surface area contributed by atoms with E-state index in [0.717, 1.165) is 6.26 Å². The number of carbonyl (C=O) groups excluding carboxylic acids is 2. The van der Waals surface area contributed by atoms with Crippen LogP contribution in [0.4, 0.5) is 24.5 Å². The molecular formula is C22H30F3N4O6PS. The van der Waals surface area contributed by atoms with Crippen LogP contribution in [0.3, 0.4) is 0 Å². The molecule has 1 amide bonds. The van der Waals surface area contributed by atoms with Gasteiger partial charge >= 0.3 is 13.7 Å². The van der Waals surface area contributed by atoms with Crippen LogP contribution in [0.15, 0.2) is 23.0 Å². The van der Waals surface area contributed by atoms with Crippen LogP contribution in [0, 0.1) is 11.3 Å². The summed E-state index contributed by atoms with van der Waals surface area (Å²) in [6.45, 7) is 7.12. The number of amidine groups is 1. The fourth-order valence-electron chi connectivity index (χ4n) is 4.13. The maximum atomic E-state index is 14.3. The third-order valence-corrected chi connectivity index (χ3v) is 8.79. The smallest absolute Gasteiger partial charge is 0.342 e. The SMILES string of the molecule is CCOP1(=O)N=C(C2C(=O)N(CCC(C)(C)C)C(C)(C(F)(F)F)C2=O)Nc2ccc(NS(C)(=O)=O)cc21. The van der Waals surface area contributed by atoms with Crippen molar-refractivity contribution in [3.05, 3.63) is 18.2 Å². The second-order valence-corrected chi connectivity index (χ2v) is 14.1. The zero-order chi connectivity index (χ0) is 28.2. The third-order valence-electron chi connectivity index (χ3n) is 6.12. The number of halogens is 3. The van der Waals surface area contributed by atoms with Gasteiger partial charge in [0.2, 0.25) is 15.9 Å². The van der Waals surface area contributed by atoms with E-state index in [-0.39, 0.29) is 36.3 Å². The first kappa shape index (κ1) is 29.1. The van der Waals surface area contributed by atoms with E-state index in [9.17, 15) is 35.7 Å². The molecule has 2 aliphatic rings. The number of nitrogens with zero attached hydrogens (tertiary/aromatic N) is 2. The molecule has 15 heteroatoms. The lowest BCUT2D eigenvalue weighted by Crippen LogP contribution is -2.58. The second kappa shape index (κ2) is 9.39. The molecular weight excluding hydrogens is 536 g/mol. The Labute approximate surface area is 213 Å². The molecule has 2 N–H and O–H groups in total. The van der Waals surface area contributed by atoms with E-state index in [1.807, 2.05) is 0 Å². The fourth-order valence-corrected chi connectivity index (χ4v) is 6.52. The van der Waals surface area contributed by atoms with Crippen molar-refractivity contribution in [2.24, 2.45) is 16.1 Å². The maximum absolute atomic E-state index is 14.3. The van der Waals surface area contributed by atoms with Crippen molar-refractivity contribution in [3.8, 4) is 0 Å². The molecule has 1 fully saturated rings. The molecule has 3 rings (SSSR count). The Balaban J connectivity index is 2.11. The maximum Gasteiger partial charge on any atom is 0.418 e. The monoisotopic (exact) mass is 566 g/mol. The lowest BCUT2D eigenvalue weighted by Gasteiger charge is -2.36. The summed E-state index contributed by atoms with van der Waals surface area (Å²) in [7, 11) is -7.89.